The molecule has 0 fully saturated rings. The van der Waals surface area contributed by atoms with E-state index in [1.54, 1.807) is 18.9 Å². The zero-order valence-corrected chi connectivity index (χ0v) is 19.0. The lowest BCUT2D eigenvalue weighted by molar-refractivity contribution is -0.121. The lowest BCUT2D eigenvalue weighted by Crippen LogP contribution is -2.32. The lowest BCUT2D eigenvalue weighted by atomic mass is 9.90. The normalized spacial score (nSPS) is 12.1. The molecule has 0 aliphatic rings. The highest BCUT2D eigenvalue weighted by atomic mass is 16.5. The van der Waals surface area contributed by atoms with Crippen molar-refractivity contribution in [3.8, 4) is 11.5 Å². The molecule has 0 aliphatic heterocycles. The van der Waals surface area contributed by atoms with E-state index in [0.29, 0.717) is 18.0 Å². The van der Waals surface area contributed by atoms with Crippen LogP contribution in [0, 0.1) is 0 Å². The van der Waals surface area contributed by atoms with Gasteiger partial charge in [0.1, 0.15) is 12.1 Å². The molecule has 2 heterocycles. The fraction of sp³-hybridized carbons (Fsp3) is 0.192. The Morgan fingerprint density at radius 2 is 1.82 bits per heavy atom. The first-order valence-corrected chi connectivity index (χ1v) is 11.0. The molecular weight excluding hydrogens is 430 g/mol. The minimum atomic E-state index is -0.169. The van der Waals surface area contributed by atoms with E-state index < -0.39 is 0 Å². The highest BCUT2D eigenvalue weighted by Gasteiger charge is 2.24. The van der Waals surface area contributed by atoms with Crippen LogP contribution in [0.4, 0.5) is 0 Å². The van der Waals surface area contributed by atoms with Crippen molar-refractivity contribution in [2.75, 3.05) is 20.8 Å². The van der Waals surface area contributed by atoms with Crippen molar-refractivity contribution in [2.45, 2.75) is 12.5 Å². The fourth-order valence-corrected chi connectivity index (χ4v) is 4.40. The average Bonchev–Trinajstić information content (AvgIpc) is 3.48. The molecule has 5 rings (SSSR count). The molecule has 2 aromatic heterocycles. The first kappa shape index (κ1) is 21.5. The molecular formula is C26H25N5O3. The third-order valence-corrected chi connectivity index (χ3v) is 6.02. The molecule has 5 aromatic rings. The number of H-pyrrole nitrogens is 1. The summed E-state index contributed by atoms with van der Waals surface area (Å²) in [5.41, 5.74) is 4.60. The smallest absolute Gasteiger partial charge is 0.241 e. The second-order valence-electron chi connectivity index (χ2n) is 7.96. The van der Waals surface area contributed by atoms with Gasteiger partial charge < -0.3 is 19.8 Å². The predicted octanol–water partition coefficient (Wildman–Crippen LogP) is 3.88. The molecule has 172 valence electrons. The van der Waals surface area contributed by atoms with E-state index >= 15 is 0 Å². The lowest BCUT2D eigenvalue weighted by Gasteiger charge is -2.22. The van der Waals surface area contributed by atoms with E-state index in [9.17, 15) is 4.79 Å². The van der Waals surface area contributed by atoms with E-state index in [4.69, 9.17) is 9.47 Å². The zero-order valence-electron chi connectivity index (χ0n) is 19.0. The Morgan fingerprint density at radius 1 is 1.00 bits per heavy atom. The van der Waals surface area contributed by atoms with Gasteiger partial charge in [-0.3, -0.25) is 4.79 Å². The van der Waals surface area contributed by atoms with Gasteiger partial charge in [0, 0.05) is 35.1 Å². The van der Waals surface area contributed by atoms with Crippen LogP contribution in [0.1, 0.15) is 17.0 Å². The van der Waals surface area contributed by atoms with Crippen LogP contribution < -0.4 is 14.8 Å². The number of aromatic nitrogens is 4. The van der Waals surface area contributed by atoms with Gasteiger partial charge in [-0.1, -0.05) is 47.7 Å². The van der Waals surface area contributed by atoms with Gasteiger partial charge in [-0.15, -0.1) is 5.10 Å². The van der Waals surface area contributed by atoms with Crippen molar-refractivity contribution >= 4 is 27.8 Å². The van der Waals surface area contributed by atoms with E-state index in [-0.39, 0.29) is 18.4 Å². The Morgan fingerprint density at radius 3 is 2.68 bits per heavy atom. The SMILES string of the molecule is COc1cccc(C(CNC(=O)Cn2nnc3ccccc32)c2c[nH]c3ccccc23)c1OC. The van der Waals surface area contributed by atoms with Crippen LogP contribution in [0.5, 0.6) is 11.5 Å². The summed E-state index contributed by atoms with van der Waals surface area (Å²) in [4.78, 5) is 16.3. The maximum atomic E-state index is 12.9. The number of nitrogens with one attached hydrogen (secondary N) is 2. The van der Waals surface area contributed by atoms with E-state index in [2.05, 4.69) is 26.7 Å². The Labute approximate surface area is 196 Å². The number of hydrogen-bond donors (Lipinski definition) is 2. The Kier molecular flexibility index (Phi) is 5.86. The molecule has 8 nitrogen and oxygen atoms in total. The molecule has 34 heavy (non-hydrogen) atoms. The van der Waals surface area contributed by atoms with Gasteiger partial charge in [-0.2, -0.15) is 0 Å². The molecule has 0 saturated heterocycles. The van der Waals surface area contributed by atoms with Crippen molar-refractivity contribution < 1.29 is 14.3 Å². The van der Waals surface area contributed by atoms with E-state index in [0.717, 1.165) is 33.1 Å². The van der Waals surface area contributed by atoms with Crippen LogP contribution in [0.15, 0.2) is 72.9 Å². The van der Waals surface area contributed by atoms with Crippen LogP contribution in [0.25, 0.3) is 21.9 Å². The molecule has 0 bridgehead atoms. The molecule has 1 amide bonds. The number of para-hydroxylation sites is 3. The minimum absolute atomic E-state index is 0.0797. The van der Waals surface area contributed by atoms with Gasteiger partial charge in [0.2, 0.25) is 5.91 Å². The zero-order chi connectivity index (χ0) is 23.5. The number of methoxy groups -OCH3 is 2. The van der Waals surface area contributed by atoms with Crippen LogP contribution in [-0.2, 0) is 11.3 Å². The summed E-state index contributed by atoms with van der Waals surface area (Å²) in [5.74, 6) is 0.974. The molecule has 1 unspecified atom stereocenters. The van der Waals surface area contributed by atoms with Gasteiger partial charge in [0.05, 0.1) is 19.7 Å². The van der Waals surface area contributed by atoms with Crippen LogP contribution >= 0.6 is 0 Å². The van der Waals surface area contributed by atoms with Crippen molar-refractivity contribution in [3.63, 3.8) is 0 Å². The Hall–Kier alpha value is -4.33. The molecule has 0 radical (unpaired) electrons. The number of amides is 1. The van der Waals surface area contributed by atoms with Gasteiger partial charge in [0.15, 0.2) is 11.5 Å². The average molecular weight is 456 g/mol. The number of nitrogens with zero attached hydrogens (tertiary/aromatic N) is 3. The number of ether oxygens (including phenoxy) is 2. The van der Waals surface area contributed by atoms with E-state index in [1.807, 2.05) is 66.9 Å². The minimum Gasteiger partial charge on any atom is -0.493 e. The highest BCUT2D eigenvalue weighted by molar-refractivity contribution is 5.85. The summed E-state index contributed by atoms with van der Waals surface area (Å²) in [7, 11) is 3.24. The Bertz CT molecular complexity index is 1460. The van der Waals surface area contributed by atoms with Crippen molar-refractivity contribution in [3.05, 3.63) is 84.1 Å². The first-order chi connectivity index (χ1) is 16.7. The van der Waals surface area contributed by atoms with Crippen LogP contribution in [0.2, 0.25) is 0 Å². The molecule has 1 atom stereocenters. The van der Waals surface area contributed by atoms with Gasteiger partial charge in [-0.25, -0.2) is 4.68 Å². The monoisotopic (exact) mass is 455 g/mol. The van der Waals surface area contributed by atoms with Crippen molar-refractivity contribution in [1.82, 2.24) is 25.3 Å². The van der Waals surface area contributed by atoms with Crippen LogP contribution in [0.3, 0.4) is 0 Å². The number of carbonyl (C=O) groups excluding carboxylic acids is 1. The van der Waals surface area contributed by atoms with E-state index in [1.165, 1.54) is 0 Å². The summed E-state index contributed by atoms with van der Waals surface area (Å²) in [6.07, 6.45) is 1.99. The number of fused-ring (bicyclic) bond motifs is 2. The van der Waals surface area contributed by atoms with Crippen molar-refractivity contribution in [2.24, 2.45) is 0 Å². The van der Waals surface area contributed by atoms with Crippen LogP contribution in [-0.4, -0.2) is 46.6 Å². The Balaban J connectivity index is 1.46. The third-order valence-electron chi connectivity index (χ3n) is 6.02. The van der Waals surface area contributed by atoms with Gasteiger partial charge in [0.25, 0.3) is 0 Å². The summed E-state index contributed by atoms with van der Waals surface area (Å²) in [6, 6.07) is 21.5. The number of benzene rings is 3. The summed E-state index contributed by atoms with van der Waals surface area (Å²) < 4.78 is 12.9. The van der Waals surface area contributed by atoms with Crippen molar-refractivity contribution in [1.29, 1.82) is 0 Å². The van der Waals surface area contributed by atoms with Gasteiger partial charge >= 0.3 is 0 Å². The first-order valence-electron chi connectivity index (χ1n) is 11.0. The number of hydrogen-bond acceptors (Lipinski definition) is 5. The standard InChI is InChI=1S/C26H25N5O3/c1-33-24-13-7-9-18(26(24)34-2)20(19-14-27-21-10-4-3-8-17(19)21)15-28-25(32)16-31-23-12-6-5-11-22(23)29-30-31/h3-14,20,27H,15-16H2,1-2H3,(H,28,32). The number of aromatic amines is 1. The summed E-state index contributed by atoms with van der Waals surface area (Å²) in [5, 5.41) is 12.4. The van der Waals surface area contributed by atoms with Gasteiger partial charge in [-0.05, 0) is 29.8 Å². The number of carbonyl (C=O) groups is 1. The maximum Gasteiger partial charge on any atom is 0.241 e. The molecule has 8 heteroatoms. The molecule has 0 aliphatic carbocycles. The quantitative estimate of drug-likeness (QED) is 0.370. The topological polar surface area (TPSA) is 94.1 Å². The fourth-order valence-electron chi connectivity index (χ4n) is 4.40. The largest absolute Gasteiger partial charge is 0.493 e. The molecule has 0 saturated carbocycles. The second-order valence-corrected chi connectivity index (χ2v) is 7.96. The molecule has 2 N–H and O–H groups in total. The third kappa shape index (κ3) is 3.94. The predicted molar refractivity (Wildman–Crippen MR) is 130 cm³/mol. The summed E-state index contributed by atoms with van der Waals surface area (Å²) in [6.45, 7) is 0.452. The number of rotatable bonds is 8. The molecule has 3 aromatic carbocycles. The second kappa shape index (κ2) is 9.27. The highest BCUT2D eigenvalue weighted by Crippen LogP contribution is 2.40. The summed E-state index contributed by atoms with van der Waals surface area (Å²) >= 11 is 0. The maximum absolute atomic E-state index is 12.9. The molecule has 0 spiro atoms.